The largest absolute Gasteiger partial charge is 0.492 e. The lowest BCUT2D eigenvalue weighted by Crippen LogP contribution is -1.90. The summed E-state index contributed by atoms with van der Waals surface area (Å²) in [4.78, 5) is 0.315. The summed E-state index contributed by atoms with van der Waals surface area (Å²) in [7, 11) is 0. The Kier molecular flexibility index (Phi) is 1.57. The molecule has 1 rings (SSSR count). The van der Waals surface area contributed by atoms with Gasteiger partial charge < -0.3 is 9.52 Å². The van der Waals surface area contributed by atoms with Gasteiger partial charge in [0.25, 0.3) is 4.84 Å². The van der Waals surface area contributed by atoms with Gasteiger partial charge in [-0.2, -0.15) is 0 Å². The quantitative estimate of drug-likeness (QED) is 0.609. The van der Waals surface area contributed by atoms with Gasteiger partial charge in [0.2, 0.25) is 5.88 Å². The molecular weight excluding hydrogens is 138 g/mol. The molecule has 0 spiro atoms. The summed E-state index contributed by atoms with van der Waals surface area (Å²) in [5.41, 5.74) is 0. The normalized spacial score (nSPS) is 9.89. The van der Waals surface area contributed by atoms with E-state index in [1.165, 1.54) is 10.8 Å². The van der Waals surface area contributed by atoms with Gasteiger partial charge in [-0.3, -0.25) is 4.57 Å². The highest BCUT2D eigenvalue weighted by atomic mass is 32.1. The second-order valence-corrected chi connectivity index (χ2v) is 1.95. The Morgan fingerprint density at radius 1 is 1.89 bits per heavy atom. The predicted octanol–water partition coefficient (Wildman–Crippen LogP) is 1.54. The second kappa shape index (κ2) is 2.23. The molecule has 0 unspecified atom stereocenters. The van der Waals surface area contributed by atoms with Gasteiger partial charge in [0.1, 0.15) is 0 Å². The number of oxazole rings is 1. The first kappa shape index (κ1) is 6.35. The first-order valence-electron chi connectivity index (χ1n) is 2.63. The molecule has 0 fully saturated rings. The molecule has 0 atom stereocenters. The van der Waals surface area contributed by atoms with Gasteiger partial charge in [0.05, 0.1) is 0 Å². The highest BCUT2D eigenvalue weighted by Gasteiger charge is 1.98. The maximum atomic E-state index is 8.93. The summed E-state index contributed by atoms with van der Waals surface area (Å²) in [5, 5.41) is 8.93. The van der Waals surface area contributed by atoms with Crippen LogP contribution in [0.15, 0.2) is 10.7 Å². The molecular formula is C5H7NO2S. The van der Waals surface area contributed by atoms with Crippen molar-refractivity contribution in [1.29, 1.82) is 0 Å². The van der Waals surface area contributed by atoms with Crippen LogP contribution in [0.5, 0.6) is 5.88 Å². The summed E-state index contributed by atoms with van der Waals surface area (Å²) in [6.45, 7) is 2.52. The van der Waals surface area contributed by atoms with Crippen LogP contribution in [-0.4, -0.2) is 9.67 Å². The lowest BCUT2D eigenvalue weighted by atomic mass is 10.7. The van der Waals surface area contributed by atoms with Crippen LogP contribution in [0.1, 0.15) is 6.92 Å². The molecule has 0 aromatic carbocycles. The zero-order valence-corrected chi connectivity index (χ0v) is 5.81. The van der Waals surface area contributed by atoms with E-state index in [-0.39, 0.29) is 5.88 Å². The number of hydrogen-bond acceptors (Lipinski definition) is 3. The Bertz CT molecular complexity index is 250. The van der Waals surface area contributed by atoms with E-state index in [0.29, 0.717) is 11.4 Å². The summed E-state index contributed by atoms with van der Waals surface area (Å²) < 4.78 is 6.21. The minimum atomic E-state index is 0.0856. The summed E-state index contributed by atoms with van der Waals surface area (Å²) in [6.07, 6.45) is 1.23. The zero-order chi connectivity index (χ0) is 6.85. The Balaban J connectivity index is 3.23. The van der Waals surface area contributed by atoms with Crippen LogP contribution in [0.3, 0.4) is 0 Å². The molecule has 3 nitrogen and oxygen atoms in total. The molecule has 0 amide bonds. The van der Waals surface area contributed by atoms with E-state index in [0.717, 1.165) is 0 Å². The third kappa shape index (κ3) is 0.977. The highest BCUT2D eigenvalue weighted by molar-refractivity contribution is 7.71. The van der Waals surface area contributed by atoms with Crippen molar-refractivity contribution in [2.24, 2.45) is 0 Å². The van der Waals surface area contributed by atoms with Crippen molar-refractivity contribution in [2.45, 2.75) is 13.5 Å². The lowest BCUT2D eigenvalue weighted by Gasteiger charge is -1.92. The van der Waals surface area contributed by atoms with Gasteiger partial charge in [-0.15, -0.1) is 0 Å². The van der Waals surface area contributed by atoms with E-state index in [1.807, 2.05) is 6.92 Å². The number of aromatic nitrogens is 1. The molecule has 1 aromatic heterocycles. The topological polar surface area (TPSA) is 38.3 Å². The minimum absolute atomic E-state index is 0.0856. The van der Waals surface area contributed by atoms with Crippen LogP contribution in [0.4, 0.5) is 0 Å². The Hall–Kier alpha value is -0.770. The van der Waals surface area contributed by atoms with Crippen LogP contribution >= 0.6 is 12.2 Å². The first-order chi connectivity index (χ1) is 4.25. The molecule has 1 aromatic rings. The Morgan fingerprint density at radius 2 is 2.56 bits per heavy atom. The average molecular weight is 145 g/mol. The number of rotatable bonds is 1. The van der Waals surface area contributed by atoms with Crippen molar-refractivity contribution in [3.05, 3.63) is 11.1 Å². The fourth-order valence-corrected chi connectivity index (χ4v) is 0.886. The highest BCUT2D eigenvalue weighted by Crippen LogP contribution is 2.10. The number of aromatic hydroxyl groups is 1. The van der Waals surface area contributed by atoms with Crippen LogP contribution in [0, 0.1) is 4.84 Å². The molecule has 4 heteroatoms. The van der Waals surface area contributed by atoms with Crippen molar-refractivity contribution < 1.29 is 9.52 Å². The molecule has 0 bridgehead atoms. The summed E-state index contributed by atoms with van der Waals surface area (Å²) >= 11 is 4.71. The molecule has 0 saturated carbocycles. The predicted molar refractivity (Wildman–Crippen MR) is 34.9 cm³/mol. The molecule has 0 radical (unpaired) electrons. The van der Waals surface area contributed by atoms with E-state index >= 15 is 0 Å². The number of hydrogen-bond donors (Lipinski definition) is 1. The van der Waals surface area contributed by atoms with E-state index in [2.05, 4.69) is 0 Å². The van der Waals surface area contributed by atoms with Crippen LogP contribution in [0.2, 0.25) is 0 Å². The van der Waals surface area contributed by atoms with Crippen LogP contribution in [0.25, 0.3) is 0 Å². The second-order valence-electron chi connectivity index (χ2n) is 1.60. The standard InChI is InChI=1S/C5H7NO2S/c1-2-6-4(7)3-8-5(6)9/h3,7H,2H2,1H3. The monoisotopic (exact) mass is 145 g/mol. The molecule has 0 aliphatic rings. The van der Waals surface area contributed by atoms with Gasteiger partial charge in [0, 0.05) is 6.54 Å². The van der Waals surface area contributed by atoms with Crippen molar-refractivity contribution in [3.8, 4) is 5.88 Å². The molecule has 0 aliphatic carbocycles. The molecule has 50 valence electrons. The lowest BCUT2D eigenvalue weighted by molar-refractivity contribution is 0.420. The van der Waals surface area contributed by atoms with E-state index in [9.17, 15) is 0 Å². The van der Waals surface area contributed by atoms with E-state index in [4.69, 9.17) is 21.7 Å². The molecule has 0 saturated heterocycles. The number of nitrogens with zero attached hydrogens (tertiary/aromatic N) is 1. The van der Waals surface area contributed by atoms with Crippen molar-refractivity contribution in [3.63, 3.8) is 0 Å². The summed E-state index contributed by atoms with van der Waals surface area (Å²) in [6, 6.07) is 0. The molecule has 1 heterocycles. The third-order valence-electron chi connectivity index (χ3n) is 1.08. The van der Waals surface area contributed by atoms with Gasteiger partial charge >= 0.3 is 0 Å². The Morgan fingerprint density at radius 3 is 2.78 bits per heavy atom. The third-order valence-corrected chi connectivity index (χ3v) is 1.39. The van der Waals surface area contributed by atoms with Gasteiger partial charge in [-0.05, 0) is 19.1 Å². The van der Waals surface area contributed by atoms with Crippen LogP contribution in [-0.2, 0) is 6.54 Å². The smallest absolute Gasteiger partial charge is 0.271 e. The average Bonchev–Trinajstić information content (AvgIpc) is 2.12. The maximum Gasteiger partial charge on any atom is 0.271 e. The van der Waals surface area contributed by atoms with Crippen molar-refractivity contribution >= 4 is 12.2 Å². The summed E-state index contributed by atoms with van der Waals surface area (Å²) in [5.74, 6) is 0.0856. The van der Waals surface area contributed by atoms with Crippen molar-refractivity contribution in [2.75, 3.05) is 0 Å². The molecule has 1 N–H and O–H groups in total. The van der Waals surface area contributed by atoms with Crippen LogP contribution < -0.4 is 0 Å². The zero-order valence-electron chi connectivity index (χ0n) is 5.00. The fraction of sp³-hybridized carbons (Fsp3) is 0.400. The van der Waals surface area contributed by atoms with E-state index in [1.54, 1.807) is 0 Å². The Labute approximate surface area is 57.5 Å². The maximum absolute atomic E-state index is 8.93. The SMILES string of the molecule is CCn1c(O)coc1=S. The van der Waals surface area contributed by atoms with Gasteiger partial charge in [0.15, 0.2) is 6.26 Å². The van der Waals surface area contributed by atoms with E-state index < -0.39 is 0 Å². The first-order valence-corrected chi connectivity index (χ1v) is 3.04. The van der Waals surface area contributed by atoms with Gasteiger partial charge in [-0.25, -0.2) is 0 Å². The van der Waals surface area contributed by atoms with Gasteiger partial charge in [-0.1, -0.05) is 0 Å². The van der Waals surface area contributed by atoms with Crippen molar-refractivity contribution in [1.82, 2.24) is 4.57 Å². The molecule has 0 aliphatic heterocycles. The minimum Gasteiger partial charge on any atom is -0.492 e. The molecule has 9 heavy (non-hydrogen) atoms. The fourth-order valence-electron chi connectivity index (χ4n) is 0.615.